The number of aliphatic hydroxyl groups excluding tert-OH is 1. The van der Waals surface area contributed by atoms with E-state index in [0.717, 1.165) is 24.8 Å². The Balaban J connectivity index is 1.91. The van der Waals surface area contributed by atoms with E-state index in [-0.39, 0.29) is 38.0 Å². The average molecular weight is 1300 g/mol. The highest BCUT2D eigenvalue weighted by Gasteiger charge is 2.62. The number of halogens is 2. The minimum atomic E-state index is -2.83. The SMILES string of the molecule is CCCCCCC[C@H](NC(=O)[C@@H](NC(=O)[C@@H](Cc1ccccc1)NC)[C@@H](C)CC)C(=O)N[C@H](CCC(N)=O)C(=O)N[C@@H](C(=O)N[C@H](C(=O)N[C@@H](CO)C(=O)N[C@H]1C(=O)N[C@@H](C)C(=O)N[C@@]2(C[C@H]2CC(F)F)C(=O)N[C@@H]([C@@H](C)CC)C(=O)O[C@H]1C)[C@@H](C)CC)[C@@H](C)CC. The van der Waals surface area contributed by atoms with Crippen LogP contribution in [0, 0.1) is 29.6 Å². The molecular formula is C64H104F2N12O14. The molecule has 1 saturated carbocycles. The molecule has 11 amide bonds. The first-order valence-corrected chi connectivity index (χ1v) is 32.6. The lowest BCUT2D eigenvalue weighted by Crippen LogP contribution is -2.63. The number of nitrogens with two attached hydrogens (primary N) is 1. The number of aliphatic hydroxyl groups is 1. The summed E-state index contributed by atoms with van der Waals surface area (Å²) in [5, 5.41) is 39.6. The number of hydrogen-bond donors (Lipinski definition) is 13. The fraction of sp³-hybridized carbons (Fsp3) is 0.719. The summed E-state index contributed by atoms with van der Waals surface area (Å²) in [5.74, 6) is -14.0. The van der Waals surface area contributed by atoms with Gasteiger partial charge in [0.2, 0.25) is 71.4 Å². The van der Waals surface area contributed by atoms with Crippen LogP contribution in [0.2, 0.25) is 0 Å². The molecule has 2 aliphatic rings. The van der Waals surface area contributed by atoms with Crippen LogP contribution in [0.1, 0.15) is 172 Å². The van der Waals surface area contributed by atoms with E-state index in [0.29, 0.717) is 32.1 Å². The molecule has 1 saturated heterocycles. The maximum absolute atomic E-state index is 14.6. The third kappa shape index (κ3) is 23.6. The second-order valence-electron chi connectivity index (χ2n) is 24.9. The van der Waals surface area contributed by atoms with Gasteiger partial charge in [-0.05, 0) is 81.7 Å². The van der Waals surface area contributed by atoms with E-state index in [1.54, 1.807) is 55.5 Å². The van der Waals surface area contributed by atoms with Crippen LogP contribution in [0.3, 0.4) is 0 Å². The number of carbonyl (C=O) groups is 12. The van der Waals surface area contributed by atoms with Crippen molar-refractivity contribution in [1.29, 1.82) is 0 Å². The van der Waals surface area contributed by atoms with Gasteiger partial charge in [-0.1, -0.05) is 150 Å². The molecule has 2 fully saturated rings. The highest BCUT2D eigenvalue weighted by molar-refractivity contribution is 6.01. The van der Waals surface area contributed by atoms with Gasteiger partial charge in [0.25, 0.3) is 0 Å². The van der Waals surface area contributed by atoms with Gasteiger partial charge in [0.15, 0.2) is 0 Å². The lowest BCUT2D eigenvalue weighted by atomic mass is 9.94. The topological polar surface area (TPSA) is 393 Å². The van der Waals surface area contributed by atoms with Gasteiger partial charge in [0.1, 0.15) is 66.0 Å². The van der Waals surface area contributed by atoms with Gasteiger partial charge in [0, 0.05) is 12.8 Å². The number of amides is 11. The van der Waals surface area contributed by atoms with Crippen molar-refractivity contribution in [2.45, 2.75) is 251 Å². The van der Waals surface area contributed by atoms with Gasteiger partial charge in [-0.15, -0.1) is 0 Å². The van der Waals surface area contributed by atoms with Crippen LogP contribution < -0.4 is 64.2 Å². The van der Waals surface area contributed by atoms with E-state index < -0.39 is 193 Å². The van der Waals surface area contributed by atoms with Crippen LogP contribution in [0.15, 0.2) is 30.3 Å². The quantitative estimate of drug-likeness (QED) is 0.0332. The van der Waals surface area contributed by atoms with E-state index in [1.807, 2.05) is 44.2 Å². The van der Waals surface area contributed by atoms with E-state index in [2.05, 4.69) is 58.5 Å². The number of esters is 1. The van der Waals surface area contributed by atoms with Crippen molar-refractivity contribution in [1.82, 2.24) is 58.5 Å². The third-order valence-electron chi connectivity index (χ3n) is 17.9. The molecular weight excluding hydrogens is 1200 g/mol. The van der Waals surface area contributed by atoms with Crippen LogP contribution in [-0.4, -0.2) is 168 Å². The Bertz CT molecular complexity index is 2660. The van der Waals surface area contributed by atoms with Crippen molar-refractivity contribution < 1.29 is 76.2 Å². The van der Waals surface area contributed by atoms with Crippen molar-refractivity contribution in [3.8, 4) is 0 Å². The summed E-state index contributed by atoms with van der Waals surface area (Å²) in [6.07, 6.45) is -0.295. The first-order chi connectivity index (χ1) is 43.5. The molecule has 0 unspecified atom stereocenters. The molecule has 1 spiro atoms. The number of nitrogens with one attached hydrogen (secondary N) is 11. The Morgan fingerprint density at radius 3 is 1.65 bits per heavy atom. The number of alkyl halides is 2. The molecule has 0 aromatic heterocycles. The van der Waals surface area contributed by atoms with Gasteiger partial charge in [-0.2, -0.15) is 0 Å². The molecule has 28 heteroatoms. The maximum atomic E-state index is 14.6. The lowest BCUT2D eigenvalue weighted by Gasteiger charge is -2.31. The molecule has 1 aromatic rings. The summed E-state index contributed by atoms with van der Waals surface area (Å²) in [4.78, 5) is 168. The van der Waals surface area contributed by atoms with Crippen LogP contribution in [0.25, 0.3) is 0 Å². The predicted molar refractivity (Wildman–Crippen MR) is 338 cm³/mol. The predicted octanol–water partition coefficient (Wildman–Crippen LogP) is 1.48. The Labute approximate surface area is 539 Å². The molecule has 0 radical (unpaired) electrons. The molecule has 1 aromatic carbocycles. The molecule has 518 valence electrons. The Hall–Kier alpha value is -7.36. The van der Waals surface area contributed by atoms with Crippen molar-refractivity contribution in [2.75, 3.05) is 13.7 Å². The third-order valence-corrected chi connectivity index (χ3v) is 17.9. The van der Waals surface area contributed by atoms with Crippen LogP contribution in [0.5, 0.6) is 0 Å². The van der Waals surface area contributed by atoms with E-state index in [4.69, 9.17) is 10.5 Å². The largest absolute Gasteiger partial charge is 0.458 e. The number of rotatable bonds is 37. The number of likely N-dealkylation sites (N-methyl/N-ethyl adjacent to an activating group) is 1. The number of carbonyl (C=O) groups excluding carboxylic acids is 12. The van der Waals surface area contributed by atoms with E-state index in [1.165, 1.54) is 13.8 Å². The van der Waals surface area contributed by atoms with E-state index >= 15 is 0 Å². The lowest BCUT2D eigenvalue weighted by molar-refractivity contribution is -0.157. The van der Waals surface area contributed by atoms with Gasteiger partial charge in [-0.3, -0.25) is 52.7 Å². The second-order valence-corrected chi connectivity index (χ2v) is 24.9. The molecule has 1 aliphatic heterocycles. The van der Waals surface area contributed by atoms with Crippen molar-refractivity contribution in [3.05, 3.63) is 35.9 Å². The zero-order chi connectivity index (χ0) is 69.2. The number of unbranched alkanes of at least 4 members (excludes halogenated alkanes) is 4. The van der Waals surface area contributed by atoms with Crippen molar-refractivity contribution in [2.24, 2.45) is 35.3 Å². The van der Waals surface area contributed by atoms with Crippen LogP contribution in [-0.2, 0) is 68.7 Å². The maximum Gasteiger partial charge on any atom is 0.329 e. The second kappa shape index (κ2) is 38.6. The average Bonchev–Trinajstić information content (AvgIpc) is 1.58. The number of primary amides is 1. The first kappa shape index (κ1) is 78.9. The molecule has 1 heterocycles. The molecule has 92 heavy (non-hydrogen) atoms. The number of hydrogen-bond acceptors (Lipinski definition) is 15. The number of cyclic esters (lactones) is 1. The van der Waals surface area contributed by atoms with Gasteiger partial charge < -0.3 is 74.1 Å². The molecule has 14 N–H and O–H groups in total. The highest BCUT2D eigenvalue weighted by atomic mass is 19.3. The zero-order valence-corrected chi connectivity index (χ0v) is 55.6. The normalized spacial score (nSPS) is 22.9. The number of ether oxygens (including phenoxy) is 1. The Morgan fingerprint density at radius 2 is 1.14 bits per heavy atom. The van der Waals surface area contributed by atoms with Crippen LogP contribution >= 0.6 is 0 Å². The summed E-state index contributed by atoms with van der Waals surface area (Å²) in [6, 6.07) is -4.58. The molecule has 0 bridgehead atoms. The Morgan fingerprint density at radius 1 is 0.641 bits per heavy atom. The molecule has 17 atom stereocenters. The molecule has 1 aliphatic carbocycles. The minimum Gasteiger partial charge on any atom is -0.458 e. The number of benzene rings is 1. The van der Waals surface area contributed by atoms with Gasteiger partial charge in [0.05, 0.1) is 12.6 Å². The summed E-state index contributed by atoms with van der Waals surface area (Å²) >= 11 is 0. The fourth-order valence-corrected chi connectivity index (χ4v) is 10.7. The zero-order valence-electron chi connectivity index (χ0n) is 55.6. The first-order valence-electron chi connectivity index (χ1n) is 32.6. The summed E-state index contributed by atoms with van der Waals surface area (Å²) < 4.78 is 32.9. The monoisotopic (exact) mass is 1300 g/mol. The highest BCUT2D eigenvalue weighted by Crippen LogP contribution is 2.48. The summed E-state index contributed by atoms with van der Waals surface area (Å²) in [7, 11) is 1.64. The summed E-state index contributed by atoms with van der Waals surface area (Å²) in [6.45, 7) is 17.1. The molecule has 26 nitrogen and oxygen atoms in total. The fourth-order valence-electron chi connectivity index (χ4n) is 10.7. The van der Waals surface area contributed by atoms with Crippen LogP contribution in [0.4, 0.5) is 8.78 Å². The Kier molecular flexibility index (Phi) is 33.1. The van der Waals surface area contributed by atoms with E-state index in [9.17, 15) is 71.4 Å². The van der Waals surface area contributed by atoms with Gasteiger partial charge >= 0.3 is 5.97 Å². The molecule has 3 rings (SSSR count). The minimum absolute atomic E-state index is 0.136. The van der Waals surface area contributed by atoms with Crippen molar-refractivity contribution in [3.63, 3.8) is 0 Å². The smallest absolute Gasteiger partial charge is 0.329 e. The standard InChI is InChI=1S/C64H104F2N12O14/c1-13-18-19-20-24-27-42(71-58(86)48(34(6)14-2)74-56(84)44(68-12)30-40-25-22-21-23-26-40)54(82)70-43(28-29-47(67)80)55(83)73-50(36(8)16-4)60(88)75-49(35(7)15-3)59(87)72-45(33-79)57(85)76-52-39(11)92-62(90)51(37(9)17-5)77-63(91)64(32-41(64)31-46(65)66)78-53(81)38(10)69-61(52)89/h21-23,25-26,34-39,41-46,48-52,68,79H,13-20,24,27-33H2,1-12H3,(H2,67,80)(H,69,89)(H,70,82)(H,71,86)(H,72,87)(H,73,83)(H,74,84)(H,75,88)(H,76,85)(H,77,91)(H,78,81)/t34-,35-,36-,37-,38-,39-,41+,42-,43+,44+,45-,48-,49-,50+,51-,52+,64+/m0/s1. The van der Waals surface area contributed by atoms with Gasteiger partial charge in [-0.25, -0.2) is 13.6 Å². The summed E-state index contributed by atoms with van der Waals surface area (Å²) in [5.41, 5.74) is 4.62. The van der Waals surface area contributed by atoms with Crippen molar-refractivity contribution >= 4 is 70.9 Å².